The lowest BCUT2D eigenvalue weighted by molar-refractivity contribution is -0.243. The topological polar surface area (TPSA) is 249 Å². The molecule has 0 spiro atoms. The summed E-state index contributed by atoms with van der Waals surface area (Å²) in [4.78, 5) is 13.2. The molecule has 2 aliphatic heterocycles. The van der Waals surface area contributed by atoms with Gasteiger partial charge in [0.15, 0.2) is 39.8 Å². The molecule has 3 aromatic rings. The number of ether oxygens (including phenoxy) is 4. The number of hydrogen-bond acceptors (Lipinski definition) is 15. The highest BCUT2D eigenvalue weighted by Gasteiger charge is 2.41. The van der Waals surface area contributed by atoms with Gasteiger partial charge in [0.1, 0.15) is 47.8 Å². The molecule has 5 rings (SSSR count). The van der Waals surface area contributed by atoms with Gasteiger partial charge in [-0.25, -0.2) is 0 Å². The Labute approximate surface area is 223 Å². The second-order valence-corrected chi connectivity index (χ2v) is 9.34. The zero-order valence-electron chi connectivity index (χ0n) is 20.4. The molecule has 216 valence electrons. The van der Waals surface area contributed by atoms with Crippen molar-refractivity contribution in [2.75, 3.05) is 13.2 Å². The van der Waals surface area contributed by atoms with Crippen LogP contribution in [0.4, 0.5) is 0 Å². The predicted molar refractivity (Wildman–Crippen MR) is 130 cm³/mol. The summed E-state index contributed by atoms with van der Waals surface area (Å²) in [6.07, 6.45) is -12.8. The first-order chi connectivity index (χ1) is 19.0. The Kier molecular flexibility index (Phi) is 7.47. The highest BCUT2D eigenvalue weighted by atomic mass is 16.7. The van der Waals surface area contributed by atoms with Crippen LogP contribution < -0.4 is 14.9 Å². The number of rotatable bonds is 5. The minimum Gasteiger partial charge on any atom is -0.504 e. The Morgan fingerprint density at radius 2 is 1.27 bits per heavy atom. The minimum atomic E-state index is -1.76. The molecule has 15 heteroatoms. The monoisotopic (exact) mass is 566 g/mol. The number of aliphatic hydroxyl groups is 6. The maximum atomic E-state index is 13.2. The van der Waals surface area contributed by atoms with E-state index in [1.807, 2.05) is 0 Å². The van der Waals surface area contributed by atoms with Crippen LogP contribution >= 0.6 is 0 Å². The van der Waals surface area contributed by atoms with Crippen molar-refractivity contribution < 1.29 is 69.3 Å². The lowest BCUT2D eigenvalue weighted by atomic mass is 10.1. The summed E-state index contributed by atoms with van der Waals surface area (Å²) in [5.74, 6) is -2.72. The molecule has 9 N–H and O–H groups in total. The van der Waals surface area contributed by atoms with Crippen molar-refractivity contribution in [2.24, 2.45) is 0 Å². The number of phenolic OH excluding ortho intramolecular Hbond substituents is 3. The van der Waals surface area contributed by atoms with Crippen LogP contribution in [0.25, 0.3) is 22.3 Å². The molecule has 2 aromatic carbocycles. The van der Waals surface area contributed by atoms with E-state index in [9.17, 15) is 50.8 Å². The molecule has 0 unspecified atom stereocenters. The van der Waals surface area contributed by atoms with E-state index in [0.29, 0.717) is 0 Å². The van der Waals surface area contributed by atoms with E-state index in [2.05, 4.69) is 0 Å². The van der Waals surface area contributed by atoms with Gasteiger partial charge in [0.2, 0.25) is 12.6 Å². The van der Waals surface area contributed by atoms with Crippen molar-refractivity contribution >= 4 is 11.0 Å². The molecule has 1 aromatic heterocycles. The van der Waals surface area contributed by atoms with Crippen LogP contribution in [0, 0.1) is 0 Å². The van der Waals surface area contributed by atoms with E-state index in [1.54, 1.807) is 0 Å². The molecule has 0 radical (unpaired) electrons. The SMILES string of the molecule is O=c1cc(-c2ccc(O)c(O)c2)oc2c(O[C@@H]3OC[C@H](O)[C@H](O)[C@H]3O)cc(O[C@@H]3OC[C@H](O)[C@H](O)[C@H]3O)c(O)c12. The third kappa shape index (κ3) is 5.00. The summed E-state index contributed by atoms with van der Waals surface area (Å²) in [5.41, 5.74) is -1.08. The fourth-order valence-corrected chi connectivity index (χ4v) is 4.28. The zero-order chi connectivity index (χ0) is 28.9. The molecule has 3 heterocycles. The third-order valence-electron chi connectivity index (χ3n) is 6.56. The van der Waals surface area contributed by atoms with Gasteiger partial charge < -0.3 is 69.3 Å². The Balaban J connectivity index is 1.62. The lowest BCUT2D eigenvalue weighted by Crippen LogP contribution is -2.55. The van der Waals surface area contributed by atoms with Crippen LogP contribution in [-0.4, -0.2) is 108 Å². The van der Waals surface area contributed by atoms with Crippen molar-refractivity contribution in [3.8, 4) is 40.1 Å². The molecule has 0 aliphatic carbocycles. The summed E-state index contributed by atoms with van der Waals surface area (Å²) in [6, 6.07) is 5.58. The number of hydrogen-bond donors (Lipinski definition) is 9. The van der Waals surface area contributed by atoms with Gasteiger partial charge in [-0.05, 0) is 18.2 Å². The first-order valence-electron chi connectivity index (χ1n) is 12.0. The highest BCUT2D eigenvalue weighted by Crippen LogP contribution is 2.43. The minimum absolute atomic E-state index is 0.130. The summed E-state index contributed by atoms with van der Waals surface area (Å²) in [5, 5.41) is 90.0. The van der Waals surface area contributed by atoms with Gasteiger partial charge in [0.25, 0.3) is 0 Å². The van der Waals surface area contributed by atoms with Gasteiger partial charge in [0.05, 0.1) is 13.2 Å². The average molecular weight is 566 g/mol. The van der Waals surface area contributed by atoms with Crippen LogP contribution in [0.3, 0.4) is 0 Å². The molecular formula is C25H26O15. The van der Waals surface area contributed by atoms with Gasteiger partial charge in [-0.1, -0.05) is 0 Å². The van der Waals surface area contributed by atoms with E-state index in [0.717, 1.165) is 24.3 Å². The van der Waals surface area contributed by atoms with Crippen LogP contribution in [0.2, 0.25) is 0 Å². The largest absolute Gasteiger partial charge is 0.504 e. The van der Waals surface area contributed by atoms with E-state index >= 15 is 0 Å². The van der Waals surface area contributed by atoms with Crippen molar-refractivity contribution in [2.45, 2.75) is 49.2 Å². The Morgan fingerprint density at radius 1 is 0.700 bits per heavy atom. The van der Waals surface area contributed by atoms with Crippen LogP contribution in [-0.2, 0) is 9.47 Å². The van der Waals surface area contributed by atoms with E-state index in [1.165, 1.54) is 6.07 Å². The van der Waals surface area contributed by atoms with Gasteiger partial charge in [0, 0.05) is 17.7 Å². The van der Waals surface area contributed by atoms with Crippen molar-refractivity contribution in [3.05, 3.63) is 40.6 Å². The first kappa shape index (κ1) is 27.9. The molecule has 0 amide bonds. The number of aliphatic hydroxyl groups excluding tert-OH is 6. The zero-order valence-corrected chi connectivity index (χ0v) is 20.4. The molecule has 15 nitrogen and oxygen atoms in total. The van der Waals surface area contributed by atoms with Crippen LogP contribution in [0.5, 0.6) is 28.7 Å². The summed E-state index contributed by atoms with van der Waals surface area (Å²) in [7, 11) is 0. The van der Waals surface area contributed by atoms with Crippen LogP contribution in [0.15, 0.2) is 39.5 Å². The lowest BCUT2D eigenvalue weighted by Gasteiger charge is -2.36. The number of phenols is 3. The third-order valence-corrected chi connectivity index (χ3v) is 6.56. The Morgan fingerprint density at radius 3 is 1.85 bits per heavy atom. The van der Waals surface area contributed by atoms with E-state index < -0.39 is 102 Å². The molecule has 2 fully saturated rings. The molecule has 2 saturated heterocycles. The average Bonchev–Trinajstić information content (AvgIpc) is 2.92. The molecule has 2 aliphatic rings. The maximum absolute atomic E-state index is 13.2. The normalized spacial score (nSPS) is 30.8. The molecule has 8 atom stereocenters. The standard InChI is InChI=1S/C25H26O15/c26-9-2-1-8(3-10(9)27)14-4-11(28)17-20(33)15(39-24-21(34)18(31)12(29)6-36-24)5-16(23(17)38-14)40-25-22(35)19(32)13(30)7-37-25/h1-5,12-13,18-19,21-22,24-27,29-35H,6-7H2/t12-,13-,18-,19-,21+,22+,24-,25-/m0/s1. The second kappa shape index (κ2) is 10.7. The first-order valence-corrected chi connectivity index (χ1v) is 12.0. The van der Waals surface area contributed by atoms with E-state index in [4.69, 9.17) is 23.4 Å². The van der Waals surface area contributed by atoms with Crippen molar-refractivity contribution in [1.82, 2.24) is 0 Å². The van der Waals surface area contributed by atoms with Gasteiger partial charge in [-0.3, -0.25) is 4.79 Å². The number of fused-ring (bicyclic) bond motifs is 1. The molecule has 0 bridgehead atoms. The summed E-state index contributed by atoms with van der Waals surface area (Å²) < 4.78 is 27.5. The second-order valence-electron chi connectivity index (χ2n) is 9.34. The van der Waals surface area contributed by atoms with Crippen molar-refractivity contribution in [3.63, 3.8) is 0 Å². The van der Waals surface area contributed by atoms with Gasteiger partial charge in [-0.15, -0.1) is 0 Å². The van der Waals surface area contributed by atoms with Crippen molar-refractivity contribution in [1.29, 1.82) is 0 Å². The quantitative estimate of drug-likeness (QED) is 0.155. The number of aromatic hydroxyl groups is 3. The molecule has 40 heavy (non-hydrogen) atoms. The van der Waals surface area contributed by atoms with E-state index in [-0.39, 0.29) is 17.1 Å². The summed E-state index contributed by atoms with van der Waals surface area (Å²) in [6.45, 7) is -0.847. The smallest absolute Gasteiger partial charge is 0.229 e. The molecular weight excluding hydrogens is 540 g/mol. The predicted octanol–water partition coefficient (Wildman–Crippen LogP) is -1.79. The fraction of sp³-hybridized carbons (Fsp3) is 0.400. The Bertz CT molecular complexity index is 1450. The van der Waals surface area contributed by atoms with Gasteiger partial charge in [-0.2, -0.15) is 0 Å². The summed E-state index contributed by atoms with van der Waals surface area (Å²) >= 11 is 0. The molecule has 0 saturated carbocycles. The fourth-order valence-electron chi connectivity index (χ4n) is 4.28. The Hall–Kier alpha value is -3.67. The van der Waals surface area contributed by atoms with Crippen LogP contribution in [0.1, 0.15) is 0 Å². The maximum Gasteiger partial charge on any atom is 0.229 e. The van der Waals surface area contributed by atoms with Gasteiger partial charge >= 0.3 is 0 Å². The number of benzene rings is 2. The highest BCUT2D eigenvalue weighted by molar-refractivity contribution is 5.92.